The van der Waals surface area contributed by atoms with E-state index >= 15 is 0 Å². The van der Waals surface area contributed by atoms with Crippen LogP contribution in [-0.2, 0) is 16.1 Å². The number of hydrogen-bond acceptors (Lipinski definition) is 4. The first-order valence-corrected chi connectivity index (χ1v) is 11.4. The zero-order chi connectivity index (χ0) is 22.8. The van der Waals surface area contributed by atoms with E-state index in [0.29, 0.717) is 18.3 Å². The van der Waals surface area contributed by atoms with E-state index in [-0.39, 0.29) is 30.6 Å². The number of halogens is 1. The Morgan fingerprint density at radius 2 is 1.82 bits per heavy atom. The van der Waals surface area contributed by atoms with Gasteiger partial charge in [-0.3, -0.25) is 19.3 Å². The second-order valence-corrected chi connectivity index (χ2v) is 8.74. The first kappa shape index (κ1) is 21.3. The smallest absolute Gasteiger partial charge is 0.227 e. The van der Waals surface area contributed by atoms with Gasteiger partial charge in [-0.05, 0) is 55.3 Å². The molecule has 1 unspecified atom stereocenters. The van der Waals surface area contributed by atoms with E-state index in [1.807, 2.05) is 18.2 Å². The SMILES string of the molecule is O=C(NCc1cc(-c2ccncc2)n(C2CCCC2)n1)C1CC(=O)N(c2ccc(F)cc2)C1. The maximum absolute atomic E-state index is 13.2. The number of anilines is 1. The first-order chi connectivity index (χ1) is 16.1. The summed E-state index contributed by atoms with van der Waals surface area (Å²) in [5.41, 5.74) is 3.49. The van der Waals surface area contributed by atoms with Gasteiger partial charge in [0.15, 0.2) is 0 Å². The number of benzene rings is 1. The molecule has 170 valence electrons. The molecule has 0 radical (unpaired) electrons. The highest BCUT2D eigenvalue weighted by Crippen LogP contribution is 2.33. The molecule has 2 aliphatic rings. The molecule has 2 fully saturated rings. The summed E-state index contributed by atoms with van der Waals surface area (Å²) in [5.74, 6) is -1.11. The third kappa shape index (κ3) is 4.51. The van der Waals surface area contributed by atoms with Crippen molar-refractivity contribution in [1.82, 2.24) is 20.1 Å². The number of pyridine rings is 1. The Labute approximate surface area is 191 Å². The van der Waals surface area contributed by atoms with Crippen molar-refractivity contribution in [2.45, 2.75) is 44.7 Å². The molecule has 2 amide bonds. The Kier molecular flexibility index (Phi) is 5.90. The van der Waals surface area contributed by atoms with Crippen LogP contribution in [0.2, 0.25) is 0 Å². The van der Waals surface area contributed by atoms with Crippen molar-refractivity contribution in [1.29, 1.82) is 0 Å². The summed E-state index contributed by atoms with van der Waals surface area (Å²) < 4.78 is 15.3. The average molecular weight is 448 g/mol. The molecule has 2 aromatic heterocycles. The number of nitrogens with one attached hydrogen (secondary N) is 1. The molecule has 0 spiro atoms. The fourth-order valence-corrected chi connectivity index (χ4v) is 4.77. The lowest BCUT2D eigenvalue weighted by molar-refractivity contribution is -0.126. The van der Waals surface area contributed by atoms with Crippen molar-refractivity contribution in [3.8, 4) is 11.3 Å². The third-order valence-electron chi connectivity index (χ3n) is 6.51. The fraction of sp³-hybridized carbons (Fsp3) is 0.360. The Morgan fingerprint density at radius 3 is 2.55 bits per heavy atom. The molecule has 1 saturated carbocycles. The predicted molar refractivity (Wildman–Crippen MR) is 122 cm³/mol. The van der Waals surface area contributed by atoms with E-state index < -0.39 is 5.92 Å². The highest BCUT2D eigenvalue weighted by atomic mass is 19.1. The monoisotopic (exact) mass is 447 g/mol. The van der Waals surface area contributed by atoms with Gasteiger partial charge in [0.05, 0.1) is 29.9 Å². The van der Waals surface area contributed by atoms with Crippen LogP contribution in [0.3, 0.4) is 0 Å². The van der Waals surface area contributed by atoms with E-state index in [9.17, 15) is 14.0 Å². The van der Waals surface area contributed by atoms with Gasteiger partial charge in [-0.1, -0.05) is 12.8 Å². The summed E-state index contributed by atoms with van der Waals surface area (Å²) >= 11 is 0. The van der Waals surface area contributed by atoms with Gasteiger partial charge in [-0.25, -0.2) is 4.39 Å². The van der Waals surface area contributed by atoms with Gasteiger partial charge in [0, 0.05) is 36.6 Å². The molecule has 33 heavy (non-hydrogen) atoms. The van der Waals surface area contributed by atoms with Crippen LogP contribution in [0.4, 0.5) is 10.1 Å². The molecule has 3 aromatic rings. The van der Waals surface area contributed by atoms with E-state index in [0.717, 1.165) is 29.8 Å². The van der Waals surface area contributed by atoms with Gasteiger partial charge < -0.3 is 10.2 Å². The van der Waals surface area contributed by atoms with Crippen molar-refractivity contribution < 1.29 is 14.0 Å². The van der Waals surface area contributed by atoms with Crippen molar-refractivity contribution in [2.24, 2.45) is 5.92 Å². The van der Waals surface area contributed by atoms with Crippen LogP contribution in [0.25, 0.3) is 11.3 Å². The molecule has 8 heteroatoms. The van der Waals surface area contributed by atoms with Crippen LogP contribution in [0.15, 0.2) is 54.9 Å². The number of hydrogen-bond donors (Lipinski definition) is 1. The van der Waals surface area contributed by atoms with Crippen molar-refractivity contribution in [3.63, 3.8) is 0 Å². The predicted octanol–water partition coefficient (Wildman–Crippen LogP) is 3.87. The number of amides is 2. The number of nitrogens with zero attached hydrogens (tertiary/aromatic N) is 4. The van der Waals surface area contributed by atoms with Crippen LogP contribution in [0.1, 0.15) is 43.8 Å². The van der Waals surface area contributed by atoms with Gasteiger partial charge in [-0.2, -0.15) is 5.10 Å². The molecule has 3 heterocycles. The van der Waals surface area contributed by atoms with Crippen LogP contribution < -0.4 is 10.2 Å². The van der Waals surface area contributed by atoms with Gasteiger partial charge >= 0.3 is 0 Å². The van der Waals surface area contributed by atoms with Crippen LogP contribution in [-0.4, -0.2) is 33.1 Å². The summed E-state index contributed by atoms with van der Waals surface area (Å²) in [6.45, 7) is 0.590. The van der Waals surface area contributed by atoms with E-state index in [4.69, 9.17) is 5.10 Å². The van der Waals surface area contributed by atoms with E-state index in [1.54, 1.807) is 29.4 Å². The first-order valence-electron chi connectivity index (χ1n) is 11.4. The summed E-state index contributed by atoms with van der Waals surface area (Å²) in [5, 5.41) is 7.78. The third-order valence-corrected chi connectivity index (χ3v) is 6.51. The summed E-state index contributed by atoms with van der Waals surface area (Å²) in [6.07, 6.45) is 8.30. The molecule has 1 aliphatic heterocycles. The zero-order valence-electron chi connectivity index (χ0n) is 18.3. The highest BCUT2D eigenvalue weighted by molar-refractivity contribution is 6.00. The molecule has 5 rings (SSSR count). The van der Waals surface area contributed by atoms with E-state index in [2.05, 4.69) is 15.0 Å². The maximum Gasteiger partial charge on any atom is 0.227 e. The van der Waals surface area contributed by atoms with Crippen molar-refractivity contribution >= 4 is 17.5 Å². The lowest BCUT2D eigenvalue weighted by atomic mass is 10.1. The second kappa shape index (κ2) is 9.13. The Bertz CT molecular complexity index is 1140. The molecular formula is C25H26FN5O2. The van der Waals surface area contributed by atoms with Crippen LogP contribution in [0.5, 0.6) is 0 Å². The van der Waals surface area contributed by atoms with Gasteiger partial charge in [0.1, 0.15) is 5.82 Å². The molecule has 1 saturated heterocycles. The van der Waals surface area contributed by atoms with Crippen molar-refractivity contribution in [2.75, 3.05) is 11.4 Å². The molecule has 7 nitrogen and oxygen atoms in total. The molecule has 0 bridgehead atoms. The lowest BCUT2D eigenvalue weighted by Gasteiger charge is -2.16. The maximum atomic E-state index is 13.2. The zero-order valence-corrected chi connectivity index (χ0v) is 18.3. The van der Waals surface area contributed by atoms with Gasteiger partial charge in [-0.15, -0.1) is 0 Å². The molecule has 1 atom stereocenters. The Balaban J connectivity index is 1.27. The van der Waals surface area contributed by atoms with Crippen LogP contribution in [0, 0.1) is 11.7 Å². The second-order valence-electron chi connectivity index (χ2n) is 8.74. The van der Waals surface area contributed by atoms with Gasteiger partial charge in [0.2, 0.25) is 11.8 Å². The molecule has 1 aliphatic carbocycles. The number of carbonyl (C=O) groups is 2. The minimum atomic E-state index is -0.445. The topological polar surface area (TPSA) is 80.1 Å². The average Bonchev–Trinajstić information content (AvgIpc) is 3.58. The summed E-state index contributed by atoms with van der Waals surface area (Å²) in [4.78, 5) is 30.9. The Hall–Kier alpha value is -3.55. The van der Waals surface area contributed by atoms with E-state index in [1.165, 1.54) is 25.0 Å². The number of carbonyl (C=O) groups excluding carboxylic acids is 2. The fourth-order valence-electron chi connectivity index (χ4n) is 4.77. The lowest BCUT2D eigenvalue weighted by Crippen LogP contribution is -2.32. The quantitative estimate of drug-likeness (QED) is 0.622. The minimum absolute atomic E-state index is 0.132. The summed E-state index contributed by atoms with van der Waals surface area (Å²) in [7, 11) is 0. The highest BCUT2D eigenvalue weighted by Gasteiger charge is 2.35. The molecule has 1 N–H and O–H groups in total. The van der Waals surface area contributed by atoms with Gasteiger partial charge in [0.25, 0.3) is 0 Å². The standard InChI is InChI=1S/C25H26FN5O2/c26-19-5-7-21(8-6-19)30-16-18(13-24(30)32)25(33)28-15-20-14-23(17-9-11-27-12-10-17)31(29-20)22-3-1-2-4-22/h5-12,14,18,22H,1-4,13,15-16H2,(H,28,33). The Morgan fingerprint density at radius 1 is 1.09 bits per heavy atom. The molecule has 1 aromatic carbocycles. The number of aromatic nitrogens is 3. The summed E-state index contributed by atoms with van der Waals surface area (Å²) in [6, 6.07) is 12.1. The number of rotatable bonds is 6. The normalized spacial score (nSPS) is 18.8. The van der Waals surface area contributed by atoms with Crippen molar-refractivity contribution in [3.05, 3.63) is 66.4 Å². The minimum Gasteiger partial charge on any atom is -0.350 e. The van der Waals surface area contributed by atoms with Crippen LogP contribution >= 0.6 is 0 Å². The molecular weight excluding hydrogens is 421 g/mol. The largest absolute Gasteiger partial charge is 0.350 e.